The first-order chi connectivity index (χ1) is 6.13. The van der Waals surface area contributed by atoms with Crippen molar-refractivity contribution in [1.82, 2.24) is 0 Å². The van der Waals surface area contributed by atoms with Crippen molar-refractivity contribution < 1.29 is 4.79 Å². The third-order valence-electron chi connectivity index (χ3n) is 1.72. The Morgan fingerprint density at radius 2 is 2.23 bits per heavy atom. The van der Waals surface area contributed by atoms with Crippen molar-refractivity contribution in [2.75, 3.05) is 5.32 Å². The van der Waals surface area contributed by atoms with Gasteiger partial charge in [0.2, 0.25) is 5.91 Å². The average Bonchev–Trinajstić information content (AvgIpc) is 2.09. The number of amides is 1. The van der Waals surface area contributed by atoms with Crippen LogP contribution in [0, 0.1) is 6.92 Å². The van der Waals surface area contributed by atoms with Gasteiger partial charge in [-0.05, 0) is 24.6 Å². The highest BCUT2D eigenvalue weighted by Crippen LogP contribution is 2.22. The lowest BCUT2D eigenvalue weighted by molar-refractivity contribution is -0.115. The van der Waals surface area contributed by atoms with Crippen LogP contribution in [0.15, 0.2) is 18.2 Å². The van der Waals surface area contributed by atoms with Crippen LogP contribution >= 0.6 is 11.6 Å². The maximum atomic E-state index is 11.0. The monoisotopic (exact) mass is 197 g/mol. The summed E-state index contributed by atoms with van der Waals surface area (Å²) in [6.07, 6.45) is 0.463. The van der Waals surface area contributed by atoms with E-state index >= 15 is 0 Å². The molecule has 0 aromatic heterocycles. The molecule has 0 saturated carbocycles. The van der Waals surface area contributed by atoms with Gasteiger partial charge in [-0.1, -0.05) is 24.6 Å². The second-order valence-corrected chi connectivity index (χ2v) is 3.29. The summed E-state index contributed by atoms with van der Waals surface area (Å²) < 4.78 is 0. The van der Waals surface area contributed by atoms with Gasteiger partial charge in [-0.3, -0.25) is 4.79 Å². The van der Waals surface area contributed by atoms with Crippen molar-refractivity contribution in [3.05, 3.63) is 28.8 Å². The number of hydrogen-bond acceptors (Lipinski definition) is 1. The van der Waals surface area contributed by atoms with Gasteiger partial charge in [0.25, 0.3) is 0 Å². The fraction of sp³-hybridized carbons (Fsp3) is 0.300. The molecule has 1 N–H and O–H groups in total. The Labute approximate surface area is 82.9 Å². The van der Waals surface area contributed by atoms with Crippen molar-refractivity contribution in [2.45, 2.75) is 20.3 Å². The van der Waals surface area contributed by atoms with Gasteiger partial charge in [0.15, 0.2) is 0 Å². The first-order valence-corrected chi connectivity index (χ1v) is 4.57. The Kier molecular flexibility index (Phi) is 3.32. The molecular formula is C10H12ClNO. The standard InChI is InChI=1S/C10H12ClNO/c1-3-10(13)12-9-5-4-7(2)6-8(9)11/h4-6H,3H2,1-2H3,(H,12,13). The molecule has 0 spiro atoms. The summed E-state index contributed by atoms with van der Waals surface area (Å²) in [7, 11) is 0. The van der Waals surface area contributed by atoms with E-state index < -0.39 is 0 Å². The van der Waals surface area contributed by atoms with Crippen molar-refractivity contribution in [3.8, 4) is 0 Å². The minimum atomic E-state index is -0.0225. The van der Waals surface area contributed by atoms with Crippen LogP contribution in [0.4, 0.5) is 5.69 Å². The molecule has 0 bridgehead atoms. The zero-order valence-electron chi connectivity index (χ0n) is 7.73. The van der Waals surface area contributed by atoms with Crippen LogP contribution in [0.5, 0.6) is 0 Å². The van der Waals surface area contributed by atoms with Gasteiger partial charge in [-0.2, -0.15) is 0 Å². The van der Waals surface area contributed by atoms with E-state index in [9.17, 15) is 4.79 Å². The normalized spacial score (nSPS) is 9.77. The van der Waals surface area contributed by atoms with E-state index in [0.29, 0.717) is 17.1 Å². The summed E-state index contributed by atoms with van der Waals surface area (Å²) in [5, 5.41) is 3.30. The van der Waals surface area contributed by atoms with Crippen molar-refractivity contribution in [3.63, 3.8) is 0 Å². The molecule has 3 heteroatoms. The molecular weight excluding hydrogens is 186 g/mol. The predicted octanol–water partition coefficient (Wildman–Crippen LogP) is 3.00. The number of anilines is 1. The van der Waals surface area contributed by atoms with E-state index in [1.165, 1.54) is 0 Å². The molecule has 70 valence electrons. The lowest BCUT2D eigenvalue weighted by Crippen LogP contribution is -2.09. The molecule has 0 atom stereocenters. The molecule has 13 heavy (non-hydrogen) atoms. The minimum Gasteiger partial charge on any atom is -0.325 e. The third kappa shape index (κ3) is 2.74. The number of carbonyl (C=O) groups excluding carboxylic acids is 1. The van der Waals surface area contributed by atoms with E-state index in [-0.39, 0.29) is 5.91 Å². The molecule has 0 aliphatic carbocycles. The van der Waals surface area contributed by atoms with Crippen LogP contribution in [0.25, 0.3) is 0 Å². The predicted molar refractivity (Wildman–Crippen MR) is 55.1 cm³/mol. The smallest absolute Gasteiger partial charge is 0.224 e. The van der Waals surface area contributed by atoms with Gasteiger partial charge in [-0.25, -0.2) is 0 Å². The SMILES string of the molecule is CCC(=O)Nc1ccc(C)cc1Cl. The molecule has 0 saturated heterocycles. The zero-order valence-corrected chi connectivity index (χ0v) is 8.48. The van der Waals surface area contributed by atoms with Gasteiger partial charge in [0.1, 0.15) is 0 Å². The van der Waals surface area contributed by atoms with Crippen LogP contribution in [-0.4, -0.2) is 5.91 Å². The molecule has 1 amide bonds. The van der Waals surface area contributed by atoms with Crippen molar-refractivity contribution in [2.24, 2.45) is 0 Å². The number of halogens is 1. The van der Waals surface area contributed by atoms with Crippen molar-refractivity contribution in [1.29, 1.82) is 0 Å². The van der Waals surface area contributed by atoms with Crippen LogP contribution in [-0.2, 0) is 4.79 Å². The Bertz CT molecular complexity index is 323. The molecule has 0 aliphatic rings. The maximum Gasteiger partial charge on any atom is 0.224 e. The highest BCUT2D eigenvalue weighted by atomic mass is 35.5. The van der Waals surface area contributed by atoms with Crippen LogP contribution in [0.2, 0.25) is 5.02 Å². The van der Waals surface area contributed by atoms with E-state index in [2.05, 4.69) is 5.32 Å². The lowest BCUT2D eigenvalue weighted by Gasteiger charge is -2.05. The third-order valence-corrected chi connectivity index (χ3v) is 2.03. The van der Waals surface area contributed by atoms with E-state index in [1.807, 2.05) is 25.1 Å². The number of aryl methyl sites for hydroxylation is 1. The summed E-state index contributed by atoms with van der Waals surface area (Å²) in [5.41, 5.74) is 1.76. The largest absolute Gasteiger partial charge is 0.325 e. The fourth-order valence-electron chi connectivity index (χ4n) is 0.960. The number of benzene rings is 1. The molecule has 0 radical (unpaired) electrons. The lowest BCUT2D eigenvalue weighted by atomic mass is 10.2. The molecule has 1 aromatic rings. The summed E-state index contributed by atoms with van der Waals surface area (Å²) in [4.78, 5) is 11.0. The Hall–Kier alpha value is -1.02. The first kappa shape index (κ1) is 10.1. The van der Waals surface area contributed by atoms with Crippen LogP contribution in [0.3, 0.4) is 0 Å². The molecule has 0 aliphatic heterocycles. The second kappa shape index (κ2) is 4.28. The van der Waals surface area contributed by atoms with E-state index in [1.54, 1.807) is 6.92 Å². The van der Waals surface area contributed by atoms with Gasteiger partial charge in [0, 0.05) is 6.42 Å². The molecule has 1 aromatic carbocycles. The summed E-state index contributed by atoms with van der Waals surface area (Å²) in [5.74, 6) is -0.0225. The molecule has 2 nitrogen and oxygen atoms in total. The van der Waals surface area contributed by atoms with Crippen molar-refractivity contribution >= 4 is 23.2 Å². The topological polar surface area (TPSA) is 29.1 Å². The number of nitrogens with one attached hydrogen (secondary N) is 1. The Morgan fingerprint density at radius 1 is 1.54 bits per heavy atom. The van der Waals surface area contributed by atoms with Crippen LogP contribution in [0.1, 0.15) is 18.9 Å². The Morgan fingerprint density at radius 3 is 2.77 bits per heavy atom. The molecule has 1 rings (SSSR count). The van der Waals surface area contributed by atoms with E-state index in [4.69, 9.17) is 11.6 Å². The van der Waals surface area contributed by atoms with Gasteiger partial charge >= 0.3 is 0 Å². The number of rotatable bonds is 2. The quantitative estimate of drug-likeness (QED) is 0.776. The second-order valence-electron chi connectivity index (χ2n) is 2.89. The molecule has 0 fully saturated rings. The highest BCUT2D eigenvalue weighted by molar-refractivity contribution is 6.33. The minimum absolute atomic E-state index is 0.0225. The maximum absolute atomic E-state index is 11.0. The highest BCUT2D eigenvalue weighted by Gasteiger charge is 2.02. The first-order valence-electron chi connectivity index (χ1n) is 4.19. The summed E-state index contributed by atoms with van der Waals surface area (Å²) in [6, 6.07) is 5.55. The van der Waals surface area contributed by atoms with Gasteiger partial charge in [0.05, 0.1) is 10.7 Å². The van der Waals surface area contributed by atoms with Gasteiger partial charge < -0.3 is 5.32 Å². The summed E-state index contributed by atoms with van der Waals surface area (Å²) in [6.45, 7) is 3.76. The van der Waals surface area contributed by atoms with Crippen LogP contribution < -0.4 is 5.32 Å². The fourth-order valence-corrected chi connectivity index (χ4v) is 1.24. The number of carbonyl (C=O) groups is 1. The molecule has 0 unspecified atom stereocenters. The van der Waals surface area contributed by atoms with Gasteiger partial charge in [-0.15, -0.1) is 0 Å². The Balaban J connectivity index is 2.83. The number of hydrogen-bond donors (Lipinski definition) is 1. The zero-order chi connectivity index (χ0) is 9.84. The average molecular weight is 198 g/mol. The van der Waals surface area contributed by atoms with E-state index in [0.717, 1.165) is 5.56 Å². The summed E-state index contributed by atoms with van der Waals surface area (Å²) >= 11 is 5.92. The molecule has 0 heterocycles.